The van der Waals surface area contributed by atoms with Gasteiger partial charge >= 0.3 is 0 Å². The van der Waals surface area contributed by atoms with E-state index in [1.165, 1.54) is 5.56 Å². The van der Waals surface area contributed by atoms with Gasteiger partial charge in [-0.2, -0.15) is 0 Å². The maximum Gasteiger partial charge on any atom is 0.161 e. The van der Waals surface area contributed by atoms with E-state index in [0.717, 1.165) is 29.2 Å². The molecule has 2 aromatic heterocycles. The van der Waals surface area contributed by atoms with Gasteiger partial charge in [0.2, 0.25) is 0 Å². The molecule has 19 heavy (non-hydrogen) atoms. The van der Waals surface area contributed by atoms with E-state index in [-0.39, 0.29) is 0 Å². The average Bonchev–Trinajstić information content (AvgIpc) is 2.74. The number of anilines is 1. The number of aromatic nitrogens is 3. The quantitative estimate of drug-likeness (QED) is 0.779. The zero-order valence-corrected chi connectivity index (χ0v) is 11.1. The molecular formula is C15H16N4. The summed E-state index contributed by atoms with van der Waals surface area (Å²) in [6.07, 6.45) is 1.82. The molecule has 0 saturated carbocycles. The lowest BCUT2D eigenvalue weighted by atomic mass is 10.2. The molecule has 1 aromatic carbocycles. The van der Waals surface area contributed by atoms with E-state index in [9.17, 15) is 0 Å². The van der Waals surface area contributed by atoms with Gasteiger partial charge in [-0.15, -0.1) is 0 Å². The van der Waals surface area contributed by atoms with Crippen molar-refractivity contribution >= 4 is 16.9 Å². The highest BCUT2D eigenvalue weighted by Gasteiger charge is 2.09. The molecule has 0 unspecified atom stereocenters. The summed E-state index contributed by atoms with van der Waals surface area (Å²) in [5.41, 5.74) is 4.12. The van der Waals surface area contributed by atoms with Crippen LogP contribution in [0, 0.1) is 6.92 Å². The lowest BCUT2D eigenvalue weighted by Crippen LogP contribution is -2.00. The minimum Gasteiger partial charge on any atom is -0.379 e. The Labute approximate surface area is 112 Å². The molecule has 1 N–H and O–H groups in total. The van der Waals surface area contributed by atoms with E-state index >= 15 is 0 Å². The van der Waals surface area contributed by atoms with Crippen molar-refractivity contribution in [2.75, 3.05) is 5.32 Å². The van der Waals surface area contributed by atoms with Crippen LogP contribution in [0.3, 0.4) is 0 Å². The van der Waals surface area contributed by atoms with Crippen LogP contribution in [0.4, 0.5) is 5.69 Å². The highest BCUT2D eigenvalue weighted by atomic mass is 15.1. The van der Waals surface area contributed by atoms with Gasteiger partial charge in [0, 0.05) is 19.8 Å². The first kappa shape index (κ1) is 11.7. The zero-order valence-electron chi connectivity index (χ0n) is 11.1. The van der Waals surface area contributed by atoms with Crippen molar-refractivity contribution in [2.45, 2.75) is 13.5 Å². The molecule has 2 heterocycles. The molecule has 0 aliphatic heterocycles. The molecule has 4 heteroatoms. The van der Waals surface area contributed by atoms with Gasteiger partial charge in [0.25, 0.3) is 0 Å². The molecule has 4 nitrogen and oxygen atoms in total. The predicted molar refractivity (Wildman–Crippen MR) is 77.0 cm³/mol. The third-order valence-electron chi connectivity index (χ3n) is 3.31. The maximum atomic E-state index is 4.56. The third kappa shape index (κ3) is 2.17. The topological polar surface area (TPSA) is 42.7 Å². The van der Waals surface area contributed by atoms with Crippen LogP contribution in [0.5, 0.6) is 0 Å². The van der Waals surface area contributed by atoms with Gasteiger partial charge in [-0.25, -0.2) is 9.97 Å². The van der Waals surface area contributed by atoms with Gasteiger partial charge in [-0.05, 0) is 18.6 Å². The van der Waals surface area contributed by atoms with E-state index in [1.807, 2.05) is 49.0 Å². The molecule has 0 spiro atoms. The van der Waals surface area contributed by atoms with Crippen LogP contribution in [0.2, 0.25) is 0 Å². The lowest BCUT2D eigenvalue weighted by molar-refractivity contribution is 0.874. The lowest BCUT2D eigenvalue weighted by Gasteiger charge is -2.06. The number of imidazole rings is 1. The summed E-state index contributed by atoms with van der Waals surface area (Å²) in [6, 6.07) is 12.3. The van der Waals surface area contributed by atoms with Crippen LogP contribution < -0.4 is 5.32 Å². The van der Waals surface area contributed by atoms with Gasteiger partial charge in [0.1, 0.15) is 11.3 Å². The number of rotatable bonds is 3. The highest BCUT2D eigenvalue weighted by Crippen LogP contribution is 2.21. The Balaban J connectivity index is 1.91. The molecule has 0 atom stereocenters. The molecule has 96 valence electrons. The van der Waals surface area contributed by atoms with Gasteiger partial charge in [-0.1, -0.05) is 30.3 Å². The Morgan fingerprint density at radius 1 is 1.16 bits per heavy atom. The summed E-state index contributed by atoms with van der Waals surface area (Å²) in [4.78, 5) is 8.94. The molecule has 0 saturated heterocycles. The summed E-state index contributed by atoms with van der Waals surface area (Å²) in [5.74, 6) is 0.969. The van der Waals surface area contributed by atoms with Crippen molar-refractivity contribution in [1.82, 2.24) is 14.5 Å². The largest absolute Gasteiger partial charge is 0.379 e. The number of pyridine rings is 1. The molecule has 0 amide bonds. The highest BCUT2D eigenvalue weighted by molar-refractivity contribution is 5.85. The van der Waals surface area contributed by atoms with Crippen LogP contribution in [0.25, 0.3) is 11.2 Å². The Kier molecular flexibility index (Phi) is 2.91. The number of hydrogen-bond acceptors (Lipinski definition) is 3. The second-order valence-corrected chi connectivity index (χ2v) is 4.59. The first-order valence-corrected chi connectivity index (χ1v) is 6.31. The molecule has 0 fully saturated rings. The van der Waals surface area contributed by atoms with Gasteiger partial charge in [0.15, 0.2) is 5.65 Å². The molecule has 0 aliphatic carbocycles. The normalized spacial score (nSPS) is 10.8. The van der Waals surface area contributed by atoms with Crippen LogP contribution in [-0.2, 0) is 13.6 Å². The predicted octanol–water partition coefficient (Wildman–Crippen LogP) is 2.89. The minimum absolute atomic E-state index is 0.787. The molecule has 0 radical (unpaired) electrons. The van der Waals surface area contributed by atoms with Crippen LogP contribution in [0.15, 0.2) is 42.6 Å². The van der Waals surface area contributed by atoms with Crippen molar-refractivity contribution in [3.8, 4) is 0 Å². The van der Waals surface area contributed by atoms with Crippen LogP contribution >= 0.6 is 0 Å². The monoisotopic (exact) mass is 252 g/mol. The van der Waals surface area contributed by atoms with Crippen molar-refractivity contribution in [3.63, 3.8) is 0 Å². The number of nitrogens with one attached hydrogen (secondary N) is 1. The van der Waals surface area contributed by atoms with E-state index in [2.05, 4.69) is 27.4 Å². The number of benzene rings is 1. The second-order valence-electron chi connectivity index (χ2n) is 4.59. The summed E-state index contributed by atoms with van der Waals surface area (Å²) in [7, 11) is 1.98. The van der Waals surface area contributed by atoms with E-state index in [1.54, 1.807) is 0 Å². The van der Waals surface area contributed by atoms with Crippen molar-refractivity contribution in [3.05, 3.63) is 54.0 Å². The smallest absolute Gasteiger partial charge is 0.161 e. The first-order chi connectivity index (χ1) is 9.25. The summed E-state index contributed by atoms with van der Waals surface area (Å²) >= 11 is 0. The molecule has 3 rings (SSSR count). The number of aryl methyl sites for hydroxylation is 2. The number of hydrogen-bond donors (Lipinski definition) is 1. The van der Waals surface area contributed by atoms with Gasteiger partial charge in [-0.3, -0.25) is 0 Å². The van der Waals surface area contributed by atoms with Gasteiger partial charge < -0.3 is 9.88 Å². The Bertz CT molecular complexity index is 701. The van der Waals surface area contributed by atoms with Crippen molar-refractivity contribution in [1.29, 1.82) is 0 Å². The molecule has 0 bridgehead atoms. The maximum absolute atomic E-state index is 4.56. The van der Waals surface area contributed by atoms with Crippen molar-refractivity contribution in [2.24, 2.45) is 7.05 Å². The fourth-order valence-electron chi connectivity index (χ4n) is 2.12. The van der Waals surface area contributed by atoms with Crippen LogP contribution in [0.1, 0.15) is 11.4 Å². The minimum atomic E-state index is 0.787. The standard InChI is InChI=1S/C15H16N4/c1-11-18-14-13(8-9-16-15(14)19(11)2)17-10-12-6-4-3-5-7-12/h3-9H,10H2,1-2H3,(H,16,17). The Hall–Kier alpha value is -2.36. The summed E-state index contributed by atoms with van der Waals surface area (Å²) < 4.78 is 2.00. The summed E-state index contributed by atoms with van der Waals surface area (Å²) in [5, 5.41) is 3.43. The van der Waals surface area contributed by atoms with E-state index in [0.29, 0.717) is 0 Å². The van der Waals surface area contributed by atoms with Crippen LogP contribution in [-0.4, -0.2) is 14.5 Å². The Morgan fingerprint density at radius 3 is 2.74 bits per heavy atom. The first-order valence-electron chi connectivity index (χ1n) is 6.31. The Morgan fingerprint density at radius 2 is 1.95 bits per heavy atom. The average molecular weight is 252 g/mol. The van der Waals surface area contributed by atoms with E-state index in [4.69, 9.17) is 0 Å². The second kappa shape index (κ2) is 4.72. The third-order valence-corrected chi connectivity index (χ3v) is 3.31. The fourth-order valence-corrected chi connectivity index (χ4v) is 2.12. The number of fused-ring (bicyclic) bond motifs is 1. The number of nitrogens with zero attached hydrogens (tertiary/aromatic N) is 3. The summed E-state index contributed by atoms with van der Waals surface area (Å²) in [6.45, 7) is 2.78. The van der Waals surface area contributed by atoms with Gasteiger partial charge in [0.05, 0.1) is 5.69 Å². The zero-order chi connectivity index (χ0) is 13.2. The SMILES string of the molecule is Cc1nc2c(NCc3ccccc3)ccnc2n1C. The molecule has 0 aliphatic rings. The molecule has 3 aromatic rings. The fraction of sp³-hybridized carbons (Fsp3) is 0.200. The molecular weight excluding hydrogens is 236 g/mol. The van der Waals surface area contributed by atoms with E-state index < -0.39 is 0 Å². The van der Waals surface area contributed by atoms with Crippen molar-refractivity contribution < 1.29 is 0 Å².